The van der Waals surface area contributed by atoms with Crippen molar-refractivity contribution in [3.05, 3.63) is 24.3 Å². The van der Waals surface area contributed by atoms with E-state index >= 15 is 0 Å². The van der Waals surface area contributed by atoms with Gasteiger partial charge >= 0.3 is 0 Å². The maximum Gasteiger partial charge on any atom is 0.235 e. The molecule has 2 aliphatic heterocycles. The number of amides is 2. The number of carbonyl (C=O) groups excluding carboxylic acids is 2. The molecule has 0 unspecified atom stereocenters. The lowest BCUT2D eigenvalue weighted by atomic mass is 9.85. The zero-order valence-corrected chi connectivity index (χ0v) is 9.65. The van der Waals surface area contributed by atoms with Crippen LogP contribution in [0.15, 0.2) is 18.5 Å². The summed E-state index contributed by atoms with van der Waals surface area (Å²) in [5, 5.41) is 2.33. The number of anilines is 1. The van der Waals surface area contributed by atoms with Gasteiger partial charge < -0.3 is 4.90 Å². The van der Waals surface area contributed by atoms with Crippen molar-refractivity contribution in [1.29, 1.82) is 0 Å². The SMILES string of the molecule is O=C1C[C@]2(CCN(c3ccncc3F)C2)C(=O)N1. The third-order valence-electron chi connectivity index (χ3n) is 3.68. The summed E-state index contributed by atoms with van der Waals surface area (Å²) in [7, 11) is 0. The fourth-order valence-electron chi connectivity index (χ4n) is 2.72. The molecule has 0 aliphatic carbocycles. The van der Waals surface area contributed by atoms with E-state index in [1.807, 2.05) is 0 Å². The molecule has 0 bridgehead atoms. The van der Waals surface area contributed by atoms with Gasteiger partial charge in [-0.3, -0.25) is 19.9 Å². The van der Waals surface area contributed by atoms with Gasteiger partial charge in [-0.15, -0.1) is 0 Å². The Labute approximate surface area is 103 Å². The van der Waals surface area contributed by atoms with Gasteiger partial charge in [0.05, 0.1) is 17.3 Å². The topological polar surface area (TPSA) is 62.3 Å². The molecule has 1 atom stereocenters. The fraction of sp³-hybridized carbons (Fsp3) is 0.417. The van der Waals surface area contributed by atoms with Gasteiger partial charge in [0.15, 0.2) is 5.82 Å². The van der Waals surface area contributed by atoms with Crippen LogP contribution >= 0.6 is 0 Å². The monoisotopic (exact) mass is 249 g/mol. The first kappa shape index (κ1) is 11.1. The first-order valence-electron chi connectivity index (χ1n) is 5.79. The summed E-state index contributed by atoms with van der Waals surface area (Å²) >= 11 is 0. The number of hydrogen-bond donors (Lipinski definition) is 1. The summed E-state index contributed by atoms with van der Waals surface area (Å²) in [6.45, 7) is 0.952. The average Bonchev–Trinajstić information content (AvgIpc) is 2.85. The number of rotatable bonds is 1. The molecule has 2 fully saturated rings. The van der Waals surface area contributed by atoms with Gasteiger partial charge in [0.1, 0.15) is 0 Å². The highest BCUT2D eigenvalue weighted by Crippen LogP contribution is 2.39. The normalized spacial score (nSPS) is 27.1. The van der Waals surface area contributed by atoms with Crippen LogP contribution in [0.5, 0.6) is 0 Å². The van der Waals surface area contributed by atoms with Gasteiger partial charge in [0, 0.05) is 25.7 Å². The van der Waals surface area contributed by atoms with Gasteiger partial charge in [-0.05, 0) is 12.5 Å². The maximum absolute atomic E-state index is 13.6. The summed E-state index contributed by atoms with van der Waals surface area (Å²) in [5.74, 6) is -0.874. The van der Waals surface area contributed by atoms with E-state index in [9.17, 15) is 14.0 Å². The van der Waals surface area contributed by atoms with E-state index in [1.54, 1.807) is 11.0 Å². The first-order chi connectivity index (χ1) is 8.61. The molecule has 0 radical (unpaired) electrons. The minimum absolute atomic E-state index is 0.203. The molecular weight excluding hydrogens is 237 g/mol. The smallest absolute Gasteiger partial charge is 0.235 e. The van der Waals surface area contributed by atoms with Gasteiger partial charge in [-0.1, -0.05) is 0 Å². The molecule has 0 saturated carbocycles. The van der Waals surface area contributed by atoms with Crippen LogP contribution in [-0.4, -0.2) is 29.9 Å². The van der Waals surface area contributed by atoms with Crippen molar-refractivity contribution in [3.63, 3.8) is 0 Å². The Balaban J connectivity index is 1.86. The molecule has 2 amide bonds. The van der Waals surface area contributed by atoms with Crippen LogP contribution in [0.1, 0.15) is 12.8 Å². The minimum Gasteiger partial charge on any atom is -0.368 e. The van der Waals surface area contributed by atoms with Crippen LogP contribution in [0.3, 0.4) is 0 Å². The van der Waals surface area contributed by atoms with Crippen molar-refractivity contribution >= 4 is 17.5 Å². The van der Waals surface area contributed by atoms with Gasteiger partial charge in [-0.2, -0.15) is 0 Å². The number of imide groups is 1. The third-order valence-corrected chi connectivity index (χ3v) is 3.68. The number of hydrogen-bond acceptors (Lipinski definition) is 4. The summed E-state index contributed by atoms with van der Waals surface area (Å²) in [6, 6.07) is 1.59. The van der Waals surface area contributed by atoms with Gasteiger partial charge in [0.2, 0.25) is 11.8 Å². The van der Waals surface area contributed by atoms with Crippen molar-refractivity contribution in [2.24, 2.45) is 5.41 Å². The Hall–Kier alpha value is -1.98. The summed E-state index contributed by atoms with van der Waals surface area (Å²) in [6.07, 6.45) is 3.45. The lowest BCUT2D eigenvalue weighted by molar-refractivity contribution is -0.127. The predicted molar refractivity (Wildman–Crippen MR) is 61.2 cm³/mol. The van der Waals surface area contributed by atoms with Crippen LogP contribution in [0.2, 0.25) is 0 Å². The number of nitrogens with one attached hydrogen (secondary N) is 1. The Bertz CT molecular complexity index is 534. The maximum atomic E-state index is 13.6. The van der Waals surface area contributed by atoms with E-state index in [-0.39, 0.29) is 18.2 Å². The Morgan fingerprint density at radius 1 is 1.44 bits per heavy atom. The van der Waals surface area contributed by atoms with Crippen LogP contribution in [-0.2, 0) is 9.59 Å². The Morgan fingerprint density at radius 2 is 2.28 bits per heavy atom. The zero-order chi connectivity index (χ0) is 12.8. The first-order valence-corrected chi connectivity index (χ1v) is 5.79. The van der Waals surface area contributed by atoms with Crippen LogP contribution in [0.4, 0.5) is 10.1 Å². The highest BCUT2D eigenvalue weighted by Gasteiger charge is 2.51. The van der Waals surface area contributed by atoms with E-state index in [2.05, 4.69) is 10.3 Å². The predicted octanol–water partition coefficient (Wildman–Crippen LogP) is 0.464. The standard InChI is InChI=1S/C12H12FN3O2/c13-8-6-14-3-1-9(8)16-4-2-12(7-16)5-10(17)15-11(12)18/h1,3,6H,2,4-5,7H2,(H,15,17,18)/t12-/m0/s1. The number of pyridine rings is 1. The molecule has 6 heteroatoms. The largest absolute Gasteiger partial charge is 0.368 e. The molecule has 0 aromatic carbocycles. The number of carbonyl (C=O) groups is 2. The molecule has 1 spiro atoms. The molecule has 5 nitrogen and oxygen atoms in total. The summed E-state index contributed by atoms with van der Waals surface area (Å²) in [5.41, 5.74) is -0.235. The molecular formula is C12H12FN3O2. The summed E-state index contributed by atoms with van der Waals surface area (Å²) in [4.78, 5) is 28.6. The van der Waals surface area contributed by atoms with Crippen LogP contribution < -0.4 is 10.2 Å². The van der Waals surface area contributed by atoms with Gasteiger partial charge in [0.25, 0.3) is 0 Å². The molecule has 1 aromatic rings. The van der Waals surface area contributed by atoms with Crippen LogP contribution in [0, 0.1) is 11.2 Å². The second-order valence-corrected chi connectivity index (χ2v) is 4.83. The average molecular weight is 249 g/mol. The fourth-order valence-corrected chi connectivity index (χ4v) is 2.72. The highest BCUT2D eigenvalue weighted by atomic mass is 19.1. The minimum atomic E-state index is -0.674. The van der Waals surface area contributed by atoms with Crippen molar-refractivity contribution < 1.29 is 14.0 Å². The molecule has 3 heterocycles. The van der Waals surface area contributed by atoms with E-state index in [0.717, 1.165) is 6.20 Å². The van der Waals surface area contributed by atoms with Crippen molar-refractivity contribution in [2.75, 3.05) is 18.0 Å². The second kappa shape index (κ2) is 3.76. The van der Waals surface area contributed by atoms with Crippen molar-refractivity contribution in [3.8, 4) is 0 Å². The Kier molecular flexibility index (Phi) is 2.33. The lowest BCUT2D eigenvalue weighted by Crippen LogP contribution is -2.34. The number of halogens is 1. The van der Waals surface area contributed by atoms with Crippen molar-refractivity contribution in [1.82, 2.24) is 10.3 Å². The second-order valence-electron chi connectivity index (χ2n) is 4.83. The molecule has 2 aliphatic rings. The molecule has 18 heavy (non-hydrogen) atoms. The van der Waals surface area contributed by atoms with E-state index in [4.69, 9.17) is 0 Å². The molecule has 2 saturated heterocycles. The van der Waals surface area contributed by atoms with Crippen molar-refractivity contribution in [2.45, 2.75) is 12.8 Å². The molecule has 3 rings (SSSR count). The highest BCUT2D eigenvalue weighted by molar-refractivity contribution is 6.06. The quantitative estimate of drug-likeness (QED) is 0.735. The summed E-state index contributed by atoms with van der Waals surface area (Å²) < 4.78 is 13.6. The third kappa shape index (κ3) is 1.56. The van der Waals surface area contributed by atoms with E-state index in [0.29, 0.717) is 25.2 Å². The zero-order valence-electron chi connectivity index (χ0n) is 9.65. The van der Waals surface area contributed by atoms with E-state index < -0.39 is 11.2 Å². The number of aromatic nitrogens is 1. The molecule has 1 N–H and O–H groups in total. The van der Waals surface area contributed by atoms with Gasteiger partial charge in [-0.25, -0.2) is 4.39 Å². The molecule has 94 valence electrons. The van der Waals surface area contributed by atoms with E-state index in [1.165, 1.54) is 6.20 Å². The lowest BCUT2D eigenvalue weighted by Gasteiger charge is -2.22. The molecule has 1 aromatic heterocycles. The van der Waals surface area contributed by atoms with Crippen LogP contribution in [0.25, 0.3) is 0 Å². The Morgan fingerprint density at radius 3 is 2.94 bits per heavy atom. The number of nitrogens with zero attached hydrogens (tertiary/aromatic N) is 2.